The first kappa shape index (κ1) is 13.8. The van der Waals surface area contributed by atoms with E-state index in [1.54, 1.807) is 0 Å². The first-order valence-electron chi connectivity index (χ1n) is 7.35. The molecule has 3 unspecified atom stereocenters. The number of aliphatic hydroxyl groups is 1. The van der Waals surface area contributed by atoms with Gasteiger partial charge in [0.05, 0.1) is 11.5 Å². The van der Waals surface area contributed by atoms with Crippen molar-refractivity contribution < 1.29 is 9.90 Å². The molecule has 0 aromatic rings. The number of nitrogens with one attached hydrogen (secondary N) is 2. The van der Waals surface area contributed by atoms with Crippen molar-refractivity contribution in [1.82, 2.24) is 10.6 Å². The van der Waals surface area contributed by atoms with Crippen LogP contribution in [-0.2, 0) is 4.79 Å². The number of aliphatic hydroxyl groups excluding tert-OH is 1. The van der Waals surface area contributed by atoms with E-state index in [1.807, 2.05) is 0 Å². The molecule has 104 valence electrons. The van der Waals surface area contributed by atoms with E-state index in [0.29, 0.717) is 6.54 Å². The number of amides is 1. The molecule has 1 aliphatic carbocycles. The molecule has 3 atom stereocenters. The summed E-state index contributed by atoms with van der Waals surface area (Å²) in [4.78, 5) is 12.4. The van der Waals surface area contributed by atoms with Gasteiger partial charge in [-0.25, -0.2) is 0 Å². The van der Waals surface area contributed by atoms with Crippen molar-refractivity contribution in [2.45, 2.75) is 51.6 Å². The molecule has 0 aromatic heterocycles. The second-order valence-corrected chi connectivity index (χ2v) is 5.88. The predicted octanol–water partition coefficient (Wildman–Crippen LogP) is 1.04. The van der Waals surface area contributed by atoms with Gasteiger partial charge in [-0.3, -0.25) is 4.79 Å². The van der Waals surface area contributed by atoms with Crippen molar-refractivity contribution in [3.63, 3.8) is 0 Å². The van der Waals surface area contributed by atoms with Crippen LogP contribution in [0, 0.1) is 11.3 Å². The summed E-state index contributed by atoms with van der Waals surface area (Å²) in [5, 5.41) is 16.2. The molecule has 4 nitrogen and oxygen atoms in total. The van der Waals surface area contributed by atoms with Gasteiger partial charge in [-0.1, -0.05) is 13.3 Å². The molecule has 0 spiro atoms. The second-order valence-electron chi connectivity index (χ2n) is 5.88. The molecule has 2 aliphatic rings. The average Bonchev–Trinajstić information content (AvgIpc) is 2.82. The summed E-state index contributed by atoms with van der Waals surface area (Å²) in [7, 11) is 0. The number of hydrogen-bond acceptors (Lipinski definition) is 3. The van der Waals surface area contributed by atoms with Crippen molar-refractivity contribution in [2.24, 2.45) is 11.3 Å². The van der Waals surface area contributed by atoms with Crippen molar-refractivity contribution in [1.29, 1.82) is 0 Å². The maximum Gasteiger partial charge on any atom is 0.227 e. The Bertz CT molecular complexity index is 288. The van der Waals surface area contributed by atoms with Gasteiger partial charge < -0.3 is 15.7 Å². The SMILES string of the molecule is CCC1(C(=O)NCC2CCCC2O)CCCNC1. The fraction of sp³-hybridized carbons (Fsp3) is 0.929. The number of piperidine rings is 1. The van der Waals surface area contributed by atoms with Crippen LogP contribution in [0.5, 0.6) is 0 Å². The van der Waals surface area contributed by atoms with E-state index in [9.17, 15) is 9.90 Å². The fourth-order valence-corrected chi connectivity index (χ4v) is 3.29. The van der Waals surface area contributed by atoms with Crippen LogP contribution in [-0.4, -0.2) is 36.8 Å². The minimum absolute atomic E-state index is 0.177. The molecule has 2 fully saturated rings. The highest BCUT2D eigenvalue weighted by atomic mass is 16.3. The van der Waals surface area contributed by atoms with Crippen molar-refractivity contribution >= 4 is 5.91 Å². The molecule has 0 aromatic carbocycles. The highest BCUT2D eigenvalue weighted by Crippen LogP contribution is 2.31. The third kappa shape index (κ3) is 2.86. The Morgan fingerprint density at radius 3 is 2.83 bits per heavy atom. The summed E-state index contributed by atoms with van der Waals surface area (Å²) in [6.07, 6.45) is 5.75. The van der Waals surface area contributed by atoms with E-state index < -0.39 is 0 Å². The first-order valence-corrected chi connectivity index (χ1v) is 7.35. The summed E-state index contributed by atoms with van der Waals surface area (Å²) in [6.45, 7) is 4.55. The van der Waals surface area contributed by atoms with E-state index in [1.165, 1.54) is 0 Å². The molecular formula is C14H26N2O2. The monoisotopic (exact) mass is 254 g/mol. The van der Waals surface area contributed by atoms with Crippen LogP contribution in [0.1, 0.15) is 45.4 Å². The van der Waals surface area contributed by atoms with Gasteiger partial charge in [-0.15, -0.1) is 0 Å². The Kier molecular flexibility index (Phi) is 4.62. The molecule has 1 saturated heterocycles. The molecule has 1 heterocycles. The van der Waals surface area contributed by atoms with Gasteiger partial charge in [0, 0.05) is 19.0 Å². The number of carbonyl (C=O) groups excluding carboxylic acids is 1. The standard InChI is InChI=1S/C14H26N2O2/c1-2-14(7-4-8-15-10-14)13(18)16-9-11-5-3-6-12(11)17/h11-12,15,17H,2-10H2,1H3,(H,16,18). The Morgan fingerprint density at radius 1 is 1.44 bits per heavy atom. The lowest BCUT2D eigenvalue weighted by Crippen LogP contribution is -2.51. The van der Waals surface area contributed by atoms with Crippen molar-refractivity contribution in [3.8, 4) is 0 Å². The van der Waals surface area contributed by atoms with Crippen molar-refractivity contribution in [3.05, 3.63) is 0 Å². The van der Waals surface area contributed by atoms with Crippen LogP contribution in [0.3, 0.4) is 0 Å². The summed E-state index contributed by atoms with van der Waals surface area (Å²) in [5.41, 5.74) is -0.220. The second kappa shape index (κ2) is 6.02. The van der Waals surface area contributed by atoms with E-state index in [2.05, 4.69) is 17.6 Å². The molecule has 18 heavy (non-hydrogen) atoms. The third-order valence-electron chi connectivity index (χ3n) is 4.77. The molecule has 0 bridgehead atoms. The zero-order valence-corrected chi connectivity index (χ0v) is 11.4. The van der Waals surface area contributed by atoms with E-state index >= 15 is 0 Å². The van der Waals surface area contributed by atoms with Gasteiger partial charge in [0.25, 0.3) is 0 Å². The number of carbonyl (C=O) groups is 1. The predicted molar refractivity (Wildman–Crippen MR) is 71.2 cm³/mol. The minimum atomic E-state index is -0.220. The highest BCUT2D eigenvalue weighted by Gasteiger charge is 2.38. The lowest BCUT2D eigenvalue weighted by Gasteiger charge is -2.35. The quantitative estimate of drug-likeness (QED) is 0.702. The third-order valence-corrected chi connectivity index (χ3v) is 4.77. The number of hydrogen-bond donors (Lipinski definition) is 3. The maximum atomic E-state index is 12.4. The first-order chi connectivity index (χ1) is 8.68. The van der Waals surface area contributed by atoms with Crippen LogP contribution in [0.25, 0.3) is 0 Å². The molecular weight excluding hydrogens is 228 g/mol. The summed E-state index contributed by atoms with van der Waals surface area (Å²) < 4.78 is 0. The highest BCUT2D eigenvalue weighted by molar-refractivity contribution is 5.83. The smallest absolute Gasteiger partial charge is 0.227 e. The summed E-state index contributed by atoms with van der Waals surface area (Å²) in [6, 6.07) is 0. The normalized spacial score (nSPS) is 36.6. The molecule has 1 saturated carbocycles. The molecule has 4 heteroatoms. The molecule has 1 aliphatic heterocycles. The van der Waals surface area contributed by atoms with Gasteiger partial charge in [0.15, 0.2) is 0 Å². The zero-order chi connectivity index (χ0) is 13.0. The van der Waals surface area contributed by atoms with Gasteiger partial charge >= 0.3 is 0 Å². The molecule has 1 amide bonds. The van der Waals surface area contributed by atoms with E-state index in [0.717, 1.165) is 51.6 Å². The molecule has 3 N–H and O–H groups in total. The van der Waals surface area contributed by atoms with Crippen LogP contribution < -0.4 is 10.6 Å². The van der Waals surface area contributed by atoms with E-state index in [-0.39, 0.29) is 23.3 Å². The Hall–Kier alpha value is -0.610. The van der Waals surface area contributed by atoms with Gasteiger partial charge in [-0.05, 0) is 38.6 Å². The van der Waals surface area contributed by atoms with Crippen molar-refractivity contribution in [2.75, 3.05) is 19.6 Å². The summed E-state index contributed by atoms with van der Waals surface area (Å²) >= 11 is 0. The van der Waals surface area contributed by atoms with Gasteiger partial charge in [-0.2, -0.15) is 0 Å². The Balaban J connectivity index is 1.85. The van der Waals surface area contributed by atoms with Gasteiger partial charge in [0.1, 0.15) is 0 Å². The van der Waals surface area contributed by atoms with Crippen LogP contribution in [0.4, 0.5) is 0 Å². The lowest BCUT2D eigenvalue weighted by atomic mass is 9.77. The fourth-order valence-electron chi connectivity index (χ4n) is 3.29. The molecule has 0 radical (unpaired) electrons. The Labute approximate surface area is 110 Å². The van der Waals surface area contributed by atoms with Crippen LogP contribution in [0.15, 0.2) is 0 Å². The lowest BCUT2D eigenvalue weighted by molar-refractivity contribution is -0.132. The van der Waals surface area contributed by atoms with Crippen LogP contribution in [0.2, 0.25) is 0 Å². The maximum absolute atomic E-state index is 12.4. The van der Waals surface area contributed by atoms with Crippen LogP contribution >= 0.6 is 0 Å². The van der Waals surface area contributed by atoms with E-state index in [4.69, 9.17) is 0 Å². The summed E-state index contributed by atoms with van der Waals surface area (Å²) in [5.74, 6) is 0.440. The van der Waals surface area contributed by atoms with Gasteiger partial charge in [0.2, 0.25) is 5.91 Å². The molecule has 2 rings (SSSR count). The average molecular weight is 254 g/mol. The largest absolute Gasteiger partial charge is 0.393 e. The minimum Gasteiger partial charge on any atom is -0.393 e. The Morgan fingerprint density at radius 2 is 2.28 bits per heavy atom. The zero-order valence-electron chi connectivity index (χ0n) is 11.4. The topological polar surface area (TPSA) is 61.4 Å². The number of rotatable bonds is 4.